The van der Waals surface area contributed by atoms with Gasteiger partial charge in [-0.15, -0.1) is 0 Å². The van der Waals surface area contributed by atoms with Gasteiger partial charge >= 0.3 is 10.1 Å². The maximum absolute atomic E-state index is 10.4. The molecule has 0 spiro atoms. The van der Waals surface area contributed by atoms with E-state index in [-0.39, 0.29) is 34.6 Å². The molecule has 6 heteroatoms. The van der Waals surface area contributed by atoms with Crippen LogP contribution in [-0.4, -0.2) is 47.5 Å². The number of hydrogen-bond acceptors (Lipinski definition) is 3. The van der Waals surface area contributed by atoms with E-state index in [1.54, 1.807) is 13.0 Å². The zero-order valence-corrected chi connectivity index (χ0v) is 9.67. The monoisotopic (exact) mass is 196 g/mol. The quantitative estimate of drug-likeness (QED) is 0.516. The molecule has 0 aromatic carbocycles. The van der Waals surface area contributed by atoms with Gasteiger partial charge in [-0.25, -0.2) is 4.98 Å². The Hall–Kier alpha value is 0.0600. The van der Waals surface area contributed by atoms with Gasteiger partial charge < -0.3 is 0 Å². The molecule has 1 rings (SSSR count). The summed E-state index contributed by atoms with van der Waals surface area (Å²) in [6.07, 6.45) is 1.38. The third-order valence-corrected chi connectivity index (χ3v) is 1.92. The SMILES string of the molecule is Cc1ccc(S(=O)(=O)O)nc1.[Na]. The Morgan fingerprint density at radius 2 is 2.00 bits per heavy atom. The van der Waals surface area contributed by atoms with Gasteiger partial charge in [0.15, 0.2) is 5.03 Å². The first-order valence-electron chi connectivity index (χ1n) is 2.90. The molecule has 1 radical (unpaired) electrons. The molecule has 4 nitrogen and oxygen atoms in total. The third kappa shape index (κ3) is 3.20. The van der Waals surface area contributed by atoms with Gasteiger partial charge in [-0.2, -0.15) is 8.42 Å². The van der Waals surface area contributed by atoms with Crippen molar-refractivity contribution < 1.29 is 13.0 Å². The molecule has 0 amide bonds. The van der Waals surface area contributed by atoms with Crippen molar-refractivity contribution in [3.8, 4) is 0 Å². The van der Waals surface area contributed by atoms with E-state index >= 15 is 0 Å². The van der Waals surface area contributed by atoms with Crippen LogP contribution in [0.25, 0.3) is 0 Å². The largest absolute Gasteiger partial charge is 0.312 e. The van der Waals surface area contributed by atoms with Crippen molar-refractivity contribution >= 4 is 39.7 Å². The minimum atomic E-state index is -4.13. The van der Waals surface area contributed by atoms with Crippen molar-refractivity contribution in [2.75, 3.05) is 0 Å². The number of rotatable bonds is 1. The van der Waals surface area contributed by atoms with E-state index in [4.69, 9.17) is 4.55 Å². The van der Waals surface area contributed by atoms with Gasteiger partial charge in [0.2, 0.25) is 0 Å². The van der Waals surface area contributed by atoms with Crippen molar-refractivity contribution in [3.05, 3.63) is 23.9 Å². The van der Waals surface area contributed by atoms with Crippen molar-refractivity contribution in [3.63, 3.8) is 0 Å². The van der Waals surface area contributed by atoms with Crippen molar-refractivity contribution in [2.45, 2.75) is 11.9 Å². The van der Waals surface area contributed by atoms with Gasteiger partial charge in [-0.3, -0.25) is 4.55 Å². The summed E-state index contributed by atoms with van der Waals surface area (Å²) in [6, 6.07) is 2.82. The van der Waals surface area contributed by atoms with Crippen LogP contribution in [0.1, 0.15) is 5.56 Å². The molecule has 1 N–H and O–H groups in total. The fourth-order valence-corrected chi connectivity index (χ4v) is 1.03. The van der Waals surface area contributed by atoms with Crippen LogP contribution in [0.15, 0.2) is 23.4 Å². The molecule has 0 atom stereocenters. The third-order valence-electron chi connectivity index (χ3n) is 1.15. The summed E-state index contributed by atoms with van der Waals surface area (Å²) in [5.41, 5.74) is 0.845. The minimum Gasteiger partial charge on any atom is -0.281 e. The zero-order chi connectivity index (χ0) is 8.48. The second kappa shape index (κ2) is 4.34. The molecule has 1 aromatic rings. The summed E-state index contributed by atoms with van der Waals surface area (Å²) in [7, 11) is -4.13. The average molecular weight is 196 g/mol. The van der Waals surface area contributed by atoms with Crippen LogP contribution in [-0.2, 0) is 10.1 Å². The van der Waals surface area contributed by atoms with Crippen LogP contribution in [0.5, 0.6) is 0 Å². The smallest absolute Gasteiger partial charge is 0.281 e. The van der Waals surface area contributed by atoms with E-state index < -0.39 is 10.1 Å². The Balaban J connectivity index is 0.00000121. The topological polar surface area (TPSA) is 67.3 Å². The molecule has 0 fully saturated rings. The first kappa shape index (κ1) is 12.1. The Bertz CT molecular complexity index is 346. The second-order valence-corrected chi connectivity index (χ2v) is 3.52. The maximum Gasteiger partial charge on any atom is 0.312 e. The second-order valence-electron chi connectivity index (χ2n) is 2.15. The summed E-state index contributed by atoms with van der Waals surface area (Å²) in [4.78, 5) is 3.51. The summed E-state index contributed by atoms with van der Waals surface area (Å²) in [5.74, 6) is 0. The summed E-state index contributed by atoms with van der Waals surface area (Å²) < 4.78 is 29.4. The molecule has 61 valence electrons. The van der Waals surface area contributed by atoms with Crippen molar-refractivity contribution in [1.29, 1.82) is 0 Å². The molecule has 0 aliphatic carbocycles. The molecule has 0 aliphatic rings. The van der Waals surface area contributed by atoms with Crippen LogP contribution >= 0.6 is 0 Å². The van der Waals surface area contributed by atoms with Gasteiger partial charge in [0, 0.05) is 35.8 Å². The van der Waals surface area contributed by atoms with Crippen LogP contribution < -0.4 is 0 Å². The average Bonchev–Trinajstić information content (AvgIpc) is 1.86. The van der Waals surface area contributed by atoms with E-state index in [0.29, 0.717) is 0 Å². The predicted octanol–water partition coefficient (Wildman–Crippen LogP) is 0.256. The molecular weight excluding hydrogens is 189 g/mol. The number of pyridine rings is 1. The van der Waals surface area contributed by atoms with Gasteiger partial charge in [-0.1, -0.05) is 6.07 Å². The minimum absolute atomic E-state index is 0. The number of aryl methyl sites for hydroxylation is 1. The number of hydrogen-bond donors (Lipinski definition) is 1. The normalized spacial score (nSPS) is 10.5. The fourth-order valence-electron chi connectivity index (χ4n) is 0.607. The van der Waals surface area contributed by atoms with E-state index in [1.165, 1.54) is 12.3 Å². The van der Waals surface area contributed by atoms with E-state index in [1.807, 2.05) is 0 Å². The first-order chi connectivity index (χ1) is 5.00. The van der Waals surface area contributed by atoms with Crippen LogP contribution in [0.3, 0.4) is 0 Å². The molecule has 1 aromatic heterocycles. The standard InChI is InChI=1S/C6H7NO3S.Na/c1-5-2-3-6(7-4-5)11(8,9)10;/h2-4H,1H3,(H,8,9,10);. The Kier molecular flexibility index (Phi) is 4.36. The summed E-state index contributed by atoms with van der Waals surface area (Å²) in [6.45, 7) is 1.78. The number of aromatic nitrogens is 1. The predicted molar refractivity (Wildman–Crippen MR) is 44.5 cm³/mol. The van der Waals surface area contributed by atoms with E-state index in [0.717, 1.165) is 5.56 Å². The molecule has 12 heavy (non-hydrogen) atoms. The van der Waals surface area contributed by atoms with Crippen molar-refractivity contribution in [2.24, 2.45) is 0 Å². The molecule has 0 saturated heterocycles. The van der Waals surface area contributed by atoms with Crippen LogP contribution in [0, 0.1) is 6.92 Å². The molecule has 1 heterocycles. The van der Waals surface area contributed by atoms with Crippen LogP contribution in [0.4, 0.5) is 0 Å². The molecular formula is C6H7NNaO3S. The van der Waals surface area contributed by atoms with Gasteiger partial charge in [-0.05, 0) is 18.6 Å². The van der Waals surface area contributed by atoms with Gasteiger partial charge in [0.25, 0.3) is 0 Å². The molecule has 0 bridgehead atoms. The number of nitrogens with zero attached hydrogens (tertiary/aromatic N) is 1. The van der Waals surface area contributed by atoms with Crippen LogP contribution in [0.2, 0.25) is 0 Å². The Morgan fingerprint density at radius 1 is 1.42 bits per heavy atom. The Morgan fingerprint density at radius 3 is 2.33 bits per heavy atom. The van der Waals surface area contributed by atoms with Gasteiger partial charge in [0.1, 0.15) is 0 Å². The zero-order valence-electron chi connectivity index (χ0n) is 6.85. The van der Waals surface area contributed by atoms with E-state index in [2.05, 4.69) is 4.98 Å². The van der Waals surface area contributed by atoms with Crippen molar-refractivity contribution in [1.82, 2.24) is 4.98 Å². The summed E-state index contributed by atoms with van der Waals surface area (Å²) >= 11 is 0. The molecule has 0 unspecified atom stereocenters. The Labute approximate surface area is 93.1 Å². The van der Waals surface area contributed by atoms with E-state index in [9.17, 15) is 8.42 Å². The first-order valence-corrected chi connectivity index (χ1v) is 4.34. The maximum atomic E-state index is 10.4. The summed E-state index contributed by atoms with van der Waals surface area (Å²) in [5, 5.41) is -0.317. The van der Waals surface area contributed by atoms with Gasteiger partial charge in [0.05, 0.1) is 0 Å². The molecule has 0 saturated carbocycles. The molecule has 0 aliphatic heterocycles. The fraction of sp³-hybridized carbons (Fsp3) is 0.167.